The number of likely N-dealkylation sites (tertiary alicyclic amines) is 1. The Hall–Kier alpha value is -3.42. The highest BCUT2D eigenvalue weighted by Crippen LogP contribution is 2.33. The third-order valence-electron chi connectivity index (χ3n) is 5.14. The van der Waals surface area contributed by atoms with Gasteiger partial charge < -0.3 is 14.4 Å². The number of hydrogen-bond donors (Lipinski definition) is 1. The van der Waals surface area contributed by atoms with Crippen molar-refractivity contribution < 1.29 is 14.3 Å². The van der Waals surface area contributed by atoms with Crippen molar-refractivity contribution in [2.75, 3.05) is 20.8 Å². The van der Waals surface area contributed by atoms with E-state index in [0.717, 1.165) is 24.8 Å². The smallest absolute Gasteiger partial charge is 0.258 e. The highest BCUT2D eigenvalue weighted by Gasteiger charge is 2.32. The molecule has 1 saturated heterocycles. The van der Waals surface area contributed by atoms with Crippen molar-refractivity contribution in [1.29, 1.82) is 0 Å². The summed E-state index contributed by atoms with van der Waals surface area (Å²) in [5.41, 5.74) is 1.34. The molecule has 1 N–H and O–H groups in total. The Morgan fingerprint density at radius 1 is 1.21 bits per heavy atom. The van der Waals surface area contributed by atoms with Crippen molar-refractivity contribution in [3.05, 3.63) is 54.1 Å². The number of nitrogens with one attached hydrogen (secondary N) is 1. The minimum atomic E-state index is -0.166. The highest BCUT2D eigenvalue weighted by atomic mass is 16.5. The summed E-state index contributed by atoms with van der Waals surface area (Å²) in [5.74, 6) is 2.31. The molecule has 3 heterocycles. The highest BCUT2D eigenvalue weighted by molar-refractivity contribution is 5.97. The molecule has 3 aromatic rings. The monoisotopic (exact) mass is 393 g/mol. The molecule has 1 unspecified atom stereocenters. The summed E-state index contributed by atoms with van der Waals surface area (Å²) in [5, 5.41) is 7.35. The first-order chi connectivity index (χ1) is 14.2. The molecule has 1 atom stereocenters. The predicted octanol–water partition coefficient (Wildman–Crippen LogP) is 3.25. The molecule has 0 aliphatic carbocycles. The normalized spacial score (nSPS) is 16.5. The minimum absolute atomic E-state index is 0.0893. The van der Waals surface area contributed by atoms with Crippen molar-refractivity contribution in [3.8, 4) is 22.9 Å². The summed E-state index contributed by atoms with van der Waals surface area (Å²) in [6.07, 6.45) is 6.23. The van der Waals surface area contributed by atoms with Crippen LogP contribution in [0, 0.1) is 0 Å². The van der Waals surface area contributed by atoms with Gasteiger partial charge in [-0.15, -0.1) is 0 Å². The fourth-order valence-electron chi connectivity index (χ4n) is 3.64. The van der Waals surface area contributed by atoms with Gasteiger partial charge in [-0.3, -0.25) is 14.9 Å². The molecule has 1 aliphatic rings. The largest absolute Gasteiger partial charge is 0.497 e. The molecule has 29 heavy (non-hydrogen) atoms. The number of amides is 1. The van der Waals surface area contributed by atoms with Crippen molar-refractivity contribution in [1.82, 2.24) is 25.1 Å². The van der Waals surface area contributed by atoms with Crippen LogP contribution in [0.1, 0.15) is 41.5 Å². The molecule has 0 saturated carbocycles. The molecule has 0 radical (unpaired) electrons. The van der Waals surface area contributed by atoms with E-state index in [4.69, 9.17) is 9.47 Å². The van der Waals surface area contributed by atoms with E-state index in [0.29, 0.717) is 35.3 Å². The standard InChI is InChI=1S/C21H23N5O3/c1-28-15-8-9-16(18(12-15)29-2)21(27)26-11-4-3-7-17(26)20-23-19(24-25-20)14-6-5-10-22-13-14/h5-6,8-10,12-13,17H,3-4,7,11H2,1-2H3,(H,23,24,25). The lowest BCUT2D eigenvalue weighted by Crippen LogP contribution is -2.39. The van der Waals surface area contributed by atoms with Crippen molar-refractivity contribution >= 4 is 5.91 Å². The third-order valence-corrected chi connectivity index (χ3v) is 5.14. The number of piperidine rings is 1. The molecular weight excluding hydrogens is 370 g/mol. The molecule has 8 nitrogen and oxygen atoms in total. The van der Waals surface area contributed by atoms with Crippen LogP contribution in [0.15, 0.2) is 42.7 Å². The van der Waals surface area contributed by atoms with E-state index in [2.05, 4.69) is 20.2 Å². The third kappa shape index (κ3) is 3.78. The van der Waals surface area contributed by atoms with Gasteiger partial charge in [-0.05, 0) is 43.5 Å². The Kier molecular flexibility index (Phi) is 5.41. The molecular formula is C21H23N5O3. The molecule has 4 rings (SSSR count). The van der Waals surface area contributed by atoms with E-state index < -0.39 is 0 Å². The van der Waals surface area contributed by atoms with Crippen LogP contribution in [0.4, 0.5) is 0 Å². The predicted molar refractivity (Wildman–Crippen MR) is 107 cm³/mol. The lowest BCUT2D eigenvalue weighted by Gasteiger charge is -2.34. The number of methoxy groups -OCH3 is 2. The number of aromatic amines is 1. The zero-order chi connectivity index (χ0) is 20.2. The van der Waals surface area contributed by atoms with Crippen LogP contribution in [-0.4, -0.2) is 51.7 Å². The Labute approximate surface area is 168 Å². The second-order valence-corrected chi connectivity index (χ2v) is 6.86. The lowest BCUT2D eigenvalue weighted by molar-refractivity contribution is 0.0597. The van der Waals surface area contributed by atoms with Gasteiger partial charge >= 0.3 is 0 Å². The molecule has 1 amide bonds. The summed E-state index contributed by atoms with van der Waals surface area (Å²) in [7, 11) is 3.14. The van der Waals surface area contributed by atoms with Gasteiger partial charge in [0.2, 0.25) is 0 Å². The first kappa shape index (κ1) is 18.9. The number of pyridine rings is 1. The van der Waals surface area contributed by atoms with Gasteiger partial charge in [0, 0.05) is 30.6 Å². The molecule has 8 heteroatoms. The van der Waals surface area contributed by atoms with Gasteiger partial charge in [0.25, 0.3) is 5.91 Å². The van der Waals surface area contributed by atoms with E-state index in [1.165, 1.54) is 0 Å². The molecule has 1 aliphatic heterocycles. The first-order valence-electron chi connectivity index (χ1n) is 9.57. The molecule has 0 bridgehead atoms. The van der Waals surface area contributed by atoms with Crippen LogP contribution in [0.2, 0.25) is 0 Å². The molecule has 1 aromatic carbocycles. The van der Waals surface area contributed by atoms with Crippen LogP contribution in [0.3, 0.4) is 0 Å². The number of ether oxygens (including phenoxy) is 2. The van der Waals surface area contributed by atoms with E-state index in [9.17, 15) is 4.79 Å². The van der Waals surface area contributed by atoms with Gasteiger partial charge in [0.1, 0.15) is 17.3 Å². The van der Waals surface area contributed by atoms with Crippen molar-refractivity contribution in [3.63, 3.8) is 0 Å². The summed E-state index contributed by atoms with van der Waals surface area (Å²) >= 11 is 0. The quantitative estimate of drug-likeness (QED) is 0.715. The summed E-state index contributed by atoms with van der Waals surface area (Å²) in [4.78, 5) is 24.0. The minimum Gasteiger partial charge on any atom is -0.497 e. The summed E-state index contributed by atoms with van der Waals surface area (Å²) in [6, 6.07) is 8.82. The maximum absolute atomic E-state index is 13.4. The number of benzene rings is 1. The zero-order valence-corrected chi connectivity index (χ0v) is 16.5. The molecule has 150 valence electrons. The Morgan fingerprint density at radius 3 is 2.86 bits per heavy atom. The average molecular weight is 393 g/mol. The number of H-pyrrole nitrogens is 1. The Balaban J connectivity index is 1.63. The summed E-state index contributed by atoms with van der Waals surface area (Å²) < 4.78 is 10.7. The number of nitrogens with zero attached hydrogens (tertiary/aromatic N) is 4. The maximum atomic E-state index is 13.4. The second-order valence-electron chi connectivity index (χ2n) is 6.86. The van der Waals surface area contributed by atoms with Gasteiger partial charge in [-0.1, -0.05) is 0 Å². The van der Waals surface area contributed by atoms with Crippen molar-refractivity contribution in [2.24, 2.45) is 0 Å². The topological polar surface area (TPSA) is 93.2 Å². The van der Waals surface area contributed by atoms with Crippen LogP contribution in [0.25, 0.3) is 11.4 Å². The fourth-order valence-corrected chi connectivity index (χ4v) is 3.64. The van der Waals surface area contributed by atoms with Crippen LogP contribution >= 0.6 is 0 Å². The summed E-state index contributed by atoms with van der Waals surface area (Å²) in [6.45, 7) is 0.654. The molecule has 2 aromatic heterocycles. The van der Waals surface area contributed by atoms with Crippen LogP contribution in [0.5, 0.6) is 11.5 Å². The number of carbonyl (C=O) groups is 1. The van der Waals surface area contributed by atoms with Crippen LogP contribution in [-0.2, 0) is 0 Å². The number of hydrogen-bond acceptors (Lipinski definition) is 6. The average Bonchev–Trinajstić information content (AvgIpc) is 3.29. The van der Waals surface area contributed by atoms with E-state index in [1.807, 2.05) is 17.0 Å². The second kappa shape index (κ2) is 8.30. The van der Waals surface area contributed by atoms with E-state index in [-0.39, 0.29) is 11.9 Å². The molecule has 1 fully saturated rings. The van der Waals surface area contributed by atoms with E-state index in [1.54, 1.807) is 44.8 Å². The zero-order valence-electron chi connectivity index (χ0n) is 16.5. The van der Waals surface area contributed by atoms with Gasteiger partial charge in [-0.2, -0.15) is 5.10 Å². The number of rotatable bonds is 5. The fraction of sp³-hybridized carbons (Fsp3) is 0.333. The Morgan fingerprint density at radius 2 is 2.10 bits per heavy atom. The lowest BCUT2D eigenvalue weighted by atomic mass is 10.00. The first-order valence-corrected chi connectivity index (χ1v) is 9.57. The number of carbonyl (C=O) groups excluding carboxylic acids is 1. The van der Waals surface area contributed by atoms with Crippen LogP contribution < -0.4 is 9.47 Å². The van der Waals surface area contributed by atoms with Crippen molar-refractivity contribution in [2.45, 2.75) is 25.3 Å². The van der Waals surface area contributed by atoms with E-state index >= 15 is 0 Å². The van der Waals surface area contributed by atoms with Gasteiger partial charge in [-0.25, -0.2) is 4.98 Å². The molecule has 0 spiro atoms. The van der Waals surface area contributed by atoms with Gasteiger partial charge in [0.15, 0.2) is 5.82 Å². The number of aromatic nitrogens is 4. The SMILES string of the molecule is COc1ccc(C(=O)N2CCCCC2c2nc(-c3cccnc3)n[nH]2)c(OC)c1. The maximum Gasteiger partial charge on any atom is 0.258 e. The Bertz CT molecular complexity index is 989. The van der Waals surface area contributed by atoms with Gasteiger partial charge in [0.05, 0.1) is 25.8 Å².